The molecular weight excluding hydrogens is 383 g/mol. The number of aromatic nitrogens is 2. The Morgan fingerprint density at radius 3 is 2.45 bits per heavy atom. The van der Waals surface area contributed by atoms with Crippen LogP contribution < -0.4 is 5.43 Å². The minimum atomic E-state index is -4.50. The summed E-state index contributed by atoms with van der Waals surface area (Å²) in [6.07, 6.45) is -0.707. The maximum atomic E-state index is 13.2. The summed E-state index contributed by atoms with van der Waals surface area (Å²) in [6, 6.07) is 5.84. The summed E-state index contributed by atoms with van der Waals surface area (Å²) in [5, 5.41) is 4.19. The van der Waals surface area contributed by atoms with E-state index >= 15 is 0 Å². The van der Waals surface area contributed by atoms with Gasteiger partial charge in [-0.3, -0.25) is 9.59 Å². The van der Waals surface area contributed by atoms with Crippen LogP contribution in [0.1, 0.15) is 61.3 Å². The number of benzene rings is 1. The molecule has 1 aromatic carbocycles. The number of nitrogens with zero attached hydrogens (tertiary/aromatic N) is 3. The molecule has 3 rings (SSSR count). The maximum absolute atomic E-state index is 13.2. The smallest absolute Gasteiger partial charge is 0.332 e. The molecule has 29 heavy (non-hydrogen) atoms. The van der Waals surface area contributed by atoms with Crippen molar-refractivity contribution in [2.75, 3.05) is 0 Å². The van der Waals surface area contributed by atoms with Crippen LogP contribution in [0, 0.1) is 6.92 Å². The Kier molecular flexibility index (Phi) is 5.82. The predicted molar refractivity (Wildman–Crippen MR) is 103 cm³/mol. The molecule has 8 heteroatoms. The quantitative estimate of drug-likeness (QED) is 0.757. The van der Waals surface area contributed by atoms with E-state index in [1.165, 1.54) is 22.9 Å². The van der Waals surface area contributed by atoms with E-state index < -0.39 is 23.1 Å². The zero-order valence-electron chi connectivity index (χ0n) is 16.7. The summed E-state index contributed by atoms with van der Waals surface area (Å²) in [5.41, 5.74) is -1.13. The number of halogens is 3. The molecule has 1 amide bonds. The molecule has 0 saturated heterocycles. The molecule has 2 aromatic rings. The third-order valence-corrected chi connectivity index (χ3v) is 5.24. The Labute approximate surface area is 167 Å². The van der Waals surface area contributed by atoms with Gasteiger partial charge in [0.25, 0.3) is 5.91 Å². The first kappa shape index (κ1) is 21.1. The second-order valence-corrected chi connectivity index (χ2v) is 7.70. The Bertz CT molecular complexity index is 960. The largest absolute Gasteiger partial charge is 0.416 e. The van der Waals surface area contributed by atoms with Crippen LogP contribution in [0.5, 0.6) is 0 Å². The van der Waals surface area contributed by atoms with E-state index in [1.807, 2.05) is 13.8 Å². The predicted octanol–water partition coefficient (Wildman–Crippen LogP) is 4.35. The number of carbonyl (C=O) groups excluding carboxylic acids is 1. The summed E-state index contributed by atoms with van der Waals surface area (Å²) in [5.74, 6) is -0.474. The molecular formula is C21H24F3N3O2. The fraction of sp³-hybridized carbons (Fsp3) is 0.476. The maximum Gasteiger partial charge on any atom is 0.416 e. The highest BCUT2D eigenvalue weighted by Gasteiger charge is 2.33. The van der Waals surface area contributed by atoms with Crippen molar-refractivity contribution in [3.8, 4) is 5.69 Å². The minimum absolute atomic E-state index is 0.0482. The van der Waals surface area contributed by atoms with Crippen LogP contribution in [-0.2, 0) is 6.18 Å². The van der Waals surface area contributed by atoms with Crippen molar-refractivity contribution in [3.05, 3.63) is 57.5 Å². The van der Waals surface area contributed by atoms with Gasteiger partial charge in [0.15, 0.2) is 5.69 Å². The number of hydrogen-bond donors (Lipinski definition) is 0. The first-order chi connectivity index (χ1) is 13.6. The molecule has 1 aliphatic rings. The van der Waals surface area contributed by atoms with E-state index in [-0.39, 0.29) is 23.5 Å². The molecule has 1 fully saturated rings. The van der Waals surface area contributed by atoms with Gasteiger partial charge in [-0.05, 0) is 51.8 Å². The van der Waals surface area contributed by atoms with E-state index in [0.29, 0.717) is 5.69 Å². The molecule has 1 heterocycles. The monoisotopic (exact) mass is 407 g/mol. The first-order valence-electron chi connectivity index (χ1n) is 9.71. The van der Waals surface area contributed by atoms with Crippen LogP contribution in [0.15, 0.2) is 35.1 Å². The van der Waals surface area contributed by atoms with Gasteiger partial charge in [0.05, 0.1) is 11.3 Å². The van der Waals surface area contributed by atoms with E-state index in [2.05, 4.69) is 5.10 Å². The molecule has 0 spiro atoms. The van der Waals surface area contributed by atoms with Crippen LogP contribution in [0.25, 0.3) is 5.69 Å². The Hall–Kier alpha value is -2.64. The second-order valence-electron chi connectivity index (χ2n) is 7.70. The number of amides is 1. The topological polar surface area (TPSA) is 55.2 Å². The van der Waals surface area contributed by atoms with E-state index in [1.54, 1.807) is 11.8 Å². The van der Waals surface area contributed by atoms with Crippen molar-refractivity contribution in [1.29, 1.82) is 0 Å². The lowest BCUT2D eigenvalue weighted by Crippen LogP contribution is -2.46. The number of hydrogen-bond acceptors (Lipinski definition) is 3. The summed E-state index contributed by atoms with van der Waals surface area (Å²) in [6.45, 7) is 5.34. The fourth-order valence-electron chi connectivity index (χ4n) is 3.90. The van der Waals surface area contributed by atoms with Gasteiger partial charge in [0.1, 0.15) is 0 Å². The molecule has 1 saturated carbocycles. The fourth-order valence-corrected chi connectivity index (χ4v) is 3.90. The Balaban J connectivity index is 2.06. The molecule has 0 atom stereocenters. The van der Waals surface area contributed by atoms with E-state index in [4.69, 9.17) is 0 Å². The number of alkyl halides is 3. The van der Waals surface area contributed by atoms with Crippen LogP contribution in [0.2, 0.25) is 0 Å². The average molecular weight is 407 g/mol. The number of aryl methyl sites for hydroxylation is 1. The van der Waals surface area contributed by atoms with Crippen LogP contribution in [0.4, 0.5) is 13.2 Å². The van der Waals surface area contributed by atoms with Gasteiger partial charge in [-0.1, -0.05) is 18.9 Å². The second kappa shape index (κ2) is 8.00. The molecule has 1 aromatic heterocycles. The van der Waals surface area contributed by atoms with Crippen LogP contribution in [0.3, 0.4) is 0 Å². The van der Waals surface area contributed by atoms with Gasteiger partial charge in [0.2, 0.25) is 5.43 Å². The lowest BCUT2D eigenvalue weighted by atomic mass is 10.1. The molecule has 5 nitrogen and oxygen atoms in total. The van der Waals surface area contributed by atoms with Crippen LogP contribution >= 0.6 is 0 Å². The van der Waals surface area contributed by atoms with Gasteiger partial charge >= 0.3 is 6.18 Å². The minimum Gasteiger partial charge on any atom is -0.332 e. The molecule has 0 bridgehead atoms. The molecule has 0 aliphatic heterocycles. The summed E-state index contributed by atoms with van der Waals surface area (Å²) in [4.78, 5) is 27.4. The van der Waals surface area contributed by atoms with Gasteiger partial charge in [0, 0.05) is 23.8 Å². The van der Waals surface area contributed by atoms with Gasteiger partial charge in [-0.2, -0.15) is 18.3 Å². The van der Waals surface area contributed by atoms with Crippen molar-refractivity contribution in [3.63, 3.8) is 0 Å². The zero-order valence-corrected chi connectivity index (χ0v) is 16.7. The molecule has 0 radical (unpaired) electrons. The first-order valence-corrected chi connectivity index (χ1v) is 9.71. The zero-order chi connectivity index (χ0) is 21.3. The van der Waals surface area contributed by atoms with Gasteiger partial charge in [-0.15, -0.1) is 0 Å². The van der Waals surface area contributed by atoms with Gasteiger partial charge < -0.3 is 4.90 Å². The summed E-state index contributed by atoms with van der Waals surface area (Å²) >= 11 is 0. The molecule has 0 N–H and O–H groups in total. The molecule has 1 aliphatic carbocycles. The van der Waals surface area contributed by atoms with Gasteiger partial charge in [-0.25, -0.2) is 4.68 Å². The Morgan fingerprint density at radius 1 is 1.21 bits per heavy atom. The van der Waals surface area contributed by atoms with Crippen molar-refractivity contribution < 1.29 is 18.0 Å². The van der Waals surface area contributed by atoms with E-state index in [0.717, 1.165) is 37.8 Å². The summed E-state index contributed by atoms with van der Waals surface area (Å²) in [7, 11) is 0. The lowest BCUT2D eigenvalue weighted by molar-refractivity contribution is -0.137. The standard InChI is InChI=1S/C21H24F3N3O2/c1-13(2)26(16-8-4-5-9-16)20(29)19-18(28)11-14(3)27(25-19)17-10-6-7-15(12-17)21(22,23)24/h6-7,10-13,16H,4-5,8-9H2,1-3H3. The normalized spacial score (nSPS) is 15.1. The highest BCUT2D eigenvalue weighted by atomic mass is 19.4. The lowest BCUT2D eigenvalue weighted by Gasteiger charge is -2.32. The van der Waals surface area contributed by atoms with Crippen molar-refractivity contribution in [1.82, 2.24) is 14.7 Å². The number of carbonyl (C=O) groups is 1. The third-order valence-electron chi connectivity index (χ3n) is 5.24. The number of rotatable bonds is 4. The van der Waals surface area contributed by atoms with Crippen LogP contribution in [-0.4, -0.2) is 32.7 Å². The highest BCUT2D eigenvalue weighted by Crippen LogP contribution is 2.30. The SMILES string of the molecule is Cc1cc(=O)c(C(=O)N(C(C)C)C2CCCC2)nn1-c1cccc(C(F)(F)F)c1. The average Bonchev–Trinajstić information content (AvgIpc) is 3.15. The van der Waals surface area contributed by atoms with Crippen molar-refractivity contribution in [2.24, 2.45) is 0 Å². The molecule has 156 valence electrons. The van der Waals surface area contributed by atoms with E-state index in [9.17, 15) is 22.8 Å². The highest BCUT2D eigenvalue weighted by molar-refractivity contribution is 5.92. The van der Waals surface area contributed by atoms with Crippen molar-refractivity contribution >= 4 is 5.91 Å². The molecule has 0 unspecified atom stereocenters. The summed E-state index contributed by atoms with van der Waals surface area (Å²) < 4.78 is 40.5. The third kappa shape index (κ3) is 4.36. The van der Waals surface area contributed by atoms with Crippen molar-refractivity contribution in [2.45, 2.75) is 64.7 Å². The Morgan fingerprint density at radius 2 is 1.86 bits per heavy atom.